The second-order valence-electron chi connectivity index (χ2n) is 2.60. The first kappa shape index (κ1) is 12.8. The Bertz CT molecular complexity index is 395. The Morgan fingerprint density at radius 1 is 1.38 bits per heavy atom. The number of ether oxygens (including phenoxy) is 1. The summed E-state index contributed by atoms with van der Waals surface area (Å²) in [4.78, 5) is 3.00. The van der Waals surface area contributed by atoms with E-state index in [0.29, 0.717) is 0 Å². The molecule has 2 N–H and O–H groups in total. The lowest BCUT2D eigenvalue weighted by Crippen LogP contribution is -2.19. The average Bonchev–Trinajstić information content (AvgIpc) is 1.96. The number of nitrogen functional groups attached to an aromatic ring is 1. The normalized spacial score (nSPS) is 11.9. The molecule has 3 nitrogen and oxygen atoms in total. The third kappa shape index (κ3) is 3.09. The van der Waals surface area contributed by atoms with E-state index in [1.807, 2.05) is 0 Å². The first-order valence-corrected chi connectivity index (χ1v) is 4.08. The lowest BCUT2D eigenvalue weighted by molar-refractivity contribution is -0.276. The fourth-order valence-electron chi connectivity index (χ4n) is 0.926. The second-order valence-corrected chi connectivity index (χ2v) is 2.99. The summed E-state index contributed by atoms with van der Waals surface area (Å²) in [5, 5.41) is -0.471. The Hall–Kier alpha value is -1.31. The Labute approximate surface area is 91.0 Å². The van der Waals surface area contributed by atoms with Crippen LogP contribution in [0.3, 0.4) is 0 Å². The van der Waals surface area contributed by atoms with Crippen LogP contribution in [0.4, 0.5) is 27.6 Å². The minimum Gasteiger partial charge on any atom is -0.398 e. The van der Waals surface area contributed by atoms with Gasteiger partial charge in [0, 0.05) is 5.69 Å². The molecule has 0 aromatic carbocycles. The highest BCUT2D eigenvalue weighted by atomic mass is 35.5. The summed E-state index contributed by atoms with van der Waals surface area (Å²) in [6.07, 6.45) is -8.39. The predicted molar refractivity (Wildman–Crippen MR) is 45.3 cm³/mol. The lowest BCUT2D eigenvalue weighted by Gasteiger charge is -2.13. The molecule has 0 saturated heterocycles. The van der Waals surface area contributed by atoms with Crippen LogP contribution in [0.15, 0.2) is 6.07 Å². The topological polar surface area (TPSA) is 48.1 Å². The minimum absolute atomic E-state index is 0.471. The van der Waals surface area contributed by atoms with Crippen LogP contribution < -0.4 is 10.5 Å². The molecule has 9 heteroatoms. The highest BCUT2D eigenvalue weighted by Crippen LogP contribution is 2.36. The second kappa shape index (κ2) is 4.28. The van der Waals surface area contributed by atoms with Crippen molar-refractivity contribution in [3.05, 3.63) is 16.8 Å². The van der Waals surface area contributed by atoms with Gasteiger partial charge in [0.25, 0.3) is 6.43 Å². The molecule has 0 bridgehead atoms. The molecule has 0 aliphatic rings. The van der Waals surface area contributed by atoms with Crippen LogP contribution >= 0.6 is 11.6 Å². The maximum Gasteiger partial charge on any atom is 0.574 e. The van der Waals surface area contributed by atoms with Crippen molar-refractivity contribution >= 4 is 17.3 Å². The number of nitrogens with zero attached hydrogens (tertiary/aromatic N) is 1. The average molecular weight is 263 g/mol. The molecule has 90 valence electrons. The summed E-state index contributed by atoms with van der Waals surface area (Å²) in [5.41, 5.74) is 3.34. The van der Waals surface area contributed by atoms with Crippen LogP contribution in [-0.4, -0.2) is 11.3 Å². The molecule has 0 fully saturated rings. The van der Waals surface area contributed by atoms with E-state index >= 15 is 0 Å². The van der Waals surface area contributed by atoms with E-state index in [1.54, 1.807) is 0 Å². The number of anilines is 1. The highest BCUT2D eigenvalue weighted by molar-refractivity contribution is 6.29. The van der Waals surface area contributed by atoms with E-state index in [9.17, 15) is 22.0 Å². The smallest absolute Gasteiger partial charge is 0.398 e. The number of rotatable bonds is 2. The van der Waals surface area contributed by atoms with Crippen LogP contribution in [0.2, 0.25) is 5.15 Å². The van der Waals surface area contributed by atoms with Gasteiger partial charge in [0.1, 0.15) is 10.7 Å². The summed E-state index contributed by atoms with van der Waals surface area (Å²) >= 11 is 5.27. The quantitative estimate of drug-likeness (QED) is 0.658. The van der Waals surface area contributed by atoms with E-state index in [0.717, 1.165) is 6.07 Å². The van der Waals surface area contributed by atoms with Gasteiger partial charge in [0.05, 0.1) is 0 Å². The summed E-state index contributed by atoms with van der Waals surface area (Å²) in [7, 11) is 0. The van der Waals surface area contributed by atoms with Gasteiger partial charge in [-0.1, -0.05) is 11.6 Å². The Balaban J connectivity index is 3.24. The molecular formula is C7H4ClF5N2O. The van der Waals surface area contributed by atoms with Crippen molar-refractivity contribution < 1.29 is 26.7 Å². The molecular weight excluding hydrogens is 259 g/mol. The monoisotopic (exact) mass is 262 g/mol. The van der Waals surface area contributed by atoms with Gasteiger partial charge in [-0.2, -0.15) is 0 Å². The van der Waals surface area contributed by atoms with E-state index < -0.39 is 35.1 Å². The first-order valence-electron chi connectivity index (χ1n) is 3.70. The number of aromatic nitrogens is 1. The molecule has 0 amide bonds. The number of pyridine rings is 1. The van der Waals surface area contributed by atoms with Crippen molar-refractivity contribution in [1.82, 2.24) is 4.98 Å². The lowest BCUT2D eigenvalue weighted by atomic mass is 10.2. The molecule has 1 aromatic rings. The number of halogens is 6. The van der Waals surface area contributed by atoms with Crippen molar-refractivity contribution in [2.75, 3.05) is 5.73 Å². The number of hydrogen-bond donors (Lipinski definition) is 1. The zero-order chi connectivity index (χ0) is 12.5. The van der Waals surface area contributed by atoms with Crippen LogP contribution in [0.1, 0.15) is 12.0 Å². The summed E-state index contributed by atoms with van der Waals surface area (Å²) in [6.45, 7) is 0. The summed E-state index contributed by atoms with van der Waals surface area (Å²) < 4.78 is 63.6. The Kier molecular flexibility index (Phi) is 3.41. The fraction of sp³-hybridized carbons (Fsp3) is 0.286. The summed E-state index contributed by atoms with van der Waals surface area (Å²) in [6, 6.07) is 0.812. The van der Waals surface area contributed by atoms with Gasteiger partial charge in [-0.15, -0.1) is 13.2 Å². The molecule has 0 saturated carbocycles. The van der Waals surface area contributed by atoms with Gasteiger partial charge < -0.3 is 10.5 Å². The van der Waals surface area contributed by atoms with E-state index in [1.165, 1.54) is 0 Å². The number of nitrogens with two attached hydrogens (primary N) is 1. The molecule has 0 radical (unpaired) electrons. The standard InChI is InChI=1S/C7H4ClF5N2O/c8-3-1-2(14)4(5(9)10)6(15-3)16-7(11,12)13/h1,5H,(H2,14,15). The van der Waals surface area contributed by atoms with Gasteiger partial charge in [-0.25, -0.2) is 13.8 Å². The molecule has 0 aliphatic heterocycles. The maximum absolute atomic E-state index is 12.4. The van der Waals surface area contributed by atoms with Crippen LogP contribution in [0, 0.1) is 0 Å². The highest BCUT2D eigenvalue weighted by Gasteiger charge is 2.35. The van der Waals surface area contributed by atoms with Crippen LogP contribution in [0.5, 0.6) is 5.88 Å². The van der Waals surface area contributed by atoms with Crippen LogP contribution in [0.25, 0.3) is 0 Å². The van der Waals surface area contributed by atoms with E-state index in [-0.39, 0.29) is 0 Å². The molecule has 0 aliphatic carbocycles. The molecule has 0 spiro atoms. The van der Waals surface area contributed by atoms with Gasteiger partial charge in [0.15, 0.2) is 0 Å². The molecule has 1 aromatic heterocycles. The molecule has 0 unspecified atom stereocenters. The molecule has 0 atom stereocenters. The van der Waals surface area contributed by atoms with E-state index in [2.05, 4.69) is 9.72 Å². The van der Waals surface area contributed by atoms with Crippen molar-refractivity contribution in [3.8, 4) is 5.88 Å². The Morgan fingerprint density at radius 3 is 2.38 bits per heavy atom. The molecule has 16 heavy (non-hydrogen) atoms. The van der Waals surface area contributed by atoms with Crippen molar-refractivity contribution in [1.29, 1.82) is 0 Å². The van der Waals surface area contributed by atoms with Crippen molar-refractivity contribution in [3.63, 3.8) is 0 Å². The largest absolute Gasteiger partial charge is 0.574 e. The van der Waals surface area contributed by atoms with Gasteiger partial charge >= 0.3 is 6.36 Å². The van der Waals surface area contributed by atoms with Crippen LogP contribution in [-0.2, 0) is 0 Å². The predicted octanol–water partition coefficient (Wildman–Crippen LogP) is 3.15. The number of alkyl halides is 5. The van der Waals surface area contributed by atoms with Gasteiger partial charge in [-0.3, -0.25) is 0 Å². The van der Waals surface area contributed by atoms with Crippen molar-refractivity contribution in [2.24, 2.45) is 0 Å². The van der Waals surface area contributed by atoms with Gasteiger partial charge in [0.2, 0.25) is 5.88 Å². The minimum atomic E-state index is -5.15. The first-order chi connectivity index (χ1) is 7.20. The van der Waals surface area contributed by atoms with Gasteiger partial charge in [-0.05, 0) is 6.07 Å². The molecule has 1 rings (SSSR count). The zero-order valence-corrected chi connectivity index (χ0v) is 8.11. The molecule has 1 heterocycles. The fourth-order valence-corrected chi connectivity index (χ4v) is 1.12. The third-order valence-corrected chi connectivity index (χ3v) is 1.65. The number of hydrogen-bond acceptors (Lipinski definition) is 3. The van der Waals surface area contributed by atoms with Crippen molar-refractivity contribution in [2.45, 2.75) is 12.8 Å². The van der Waals surface area contributed by atoms with E-state index in [4.69, 9.17) is 17.3 Å². The summed E-state index contributed by atoms with van der Waals surface area (Å²) in [5.74, 6) is -1.34. The SMILES string of the molecule is Nc1cc(Cl)nc(OC(F)(F)F)c1C(F)F. The Morgan fingerprint density at radius 2 is 1.94 bits per heavy atom. The third-order valence-electron chi connectivity index (χ3n) is 1.45. The zero-order valence-electron chi connectivity index (χ0n) is 7.36. The maximum atomic E-state index is 12.4.